The van der Waals surface area contributed by atoms with Crippen LogP contribution in [0.3, 0.4) is 0 Å². The molecule has 1 saturated carbocycles. The maximum atomic E-state index is 5.99. The van der Waals surface area contributed by atoms with Crippen molar-refractivity contribution in [2.45, 2.75) is 12.3 Å². The minimum atomic E-state index is 0.286. The van der Waals surface area contributed by atoms with Crippen LogP contribution in [0.1, 0.15) is 17.9 Å². The summed E-state index contributed by atoms with van der Waals surface area (Å²) in [6.07, 6.45) is 6.29. The van der Waals surface area contributed by atoms with Gasteiger partial charge in [0.15, 0.2) is 0 Å². The van der Waals surface area contributed by atoms with E-state index in [1.807, 2.05) is 18.2 Å². The molecule has 2 rings (SSSR count). The lowest BCUT2D eigenvalue weighted by Gasteiger charge is -2.09. The second-order valence-electron chi connectivity index (χ2n) is 4.01. The minimum absolute atomic E-state index is 0.286. The van der Waals surface area contributed by atoms with E-state index in [0.717, 1.165) is 22.8 Å². The maximum Gasteiger partial charge on any atom is 0.148 e. The molecule has 0 amide bonds. The second-order valence-corrected chi connectivity index (χ2v) is 4.45. The third-order valence-corrected chi connectivity index (χ3v) is 3.14. The van der Waals surface area contributed by atoms with Gasteiger partial charge in [-0.2, -0.15) is 0 Å². The first-order valence-corrected chi connectivity index (χ1v) is 5.70. The Morgan fingerprint density at radius 3 is 3.00 bits per heavy atom. The Bertz CT molecular complexity index is 424. The van der Waals surface area contributed by atoms with Crippen LogP contribution < -0.4 is 10.5 Å². The van der Waals surface area contributed by atoms with E-state index in [1.165, 1.54) is 0 Å². The molecule has 0 bridgehead atoms. The van der Waals surface area contributed by atoms with Crippen LogP contribution >= 0.6 is 11.6 Å². The molecule has 0 saturated heterocycles. The number of terminal acetylenes is 1. The third-order valence-electron chi connectivity index (χ3n) is 2.91. The monoisotopic (exact) mass is 235 g/mol. The molecule has 3 heteroatoms. The van der Waals surface area contributed by atoms with E-state index in [9.17, 15) is 0 Å². The van der Waals surface area contributed by atoms with Crippen LogP contribution in [0.2, 0.25) is 5.02 Å². The largest absolute Gasteiger partial charge is 0.481 e. The van der Waals surface area contributed by atoms with Crippen LogP contribution in [0.25, 0.3) is 0 Å². The summed E-state index contributed by atoms with van der Waals surface area (Å²) < 4.78 is 5.50. The van der Waals surface area contributed by atoms with Gasteiger partial charge in [0.25, 0.3) is 0 Å². The van der Waals surface area contributed by atoms with Gasteiger partial charge in [0.1, 0.15) is 12.4 Å². The van der Waals surface area contributed by atoms with E-state index >= 15 is 0 Å². The lowest BCUT2D eigenvalue weighted by atomic mass is 10.1. The zero-order chi connectivity index (χ0) is 11.5. The molecule has 84 valence electrons. The van der Waals surface area contributed by atoms with E-state index in [1.54, 1.807) is 0 Å². The Labute approximate surface area is 101 Å². The molecule has 1 aliphatic rings. The fourth-order valence-electron chi connectivity index (χ4n) is 1.95. The van der Waals surface area contributed by atoms with Crippen LogP contribution in [0.5, 0.6) is 5.75 Å². The number of benzene rings is 1. The molecule has 16 heavy (non-hydrogen) atoms. The third kappa shape index (κ3) is 2.32. The van der Waals surface area contributed by atoms with Crippen LogP contribution in [-0.2, 0) is 0 Å². The highest BCUT2D eigenvalue weighted by Crippen LogP contribution is 2.50. The van der Waals surface area contributed by atoms with E-state index in [0.29, 0.717) is 18.4 Å². The number of hydrogen-bond donors (Lipinski definition) is 1. The molecule has 1 fully saturated rings. The Morgan fingerprint density at radius 1 is 1.56 bits per heavy atom. The molecule has 0 aliphatic heterocycles. The highest BCUT2D eigenvalue weighted by molar-refractivity contribution is 6.30. The summed E-state index contributed by atoms with van der Waals surface area (Å²) >= 11 is 5.99. The molecule has 0 spiro atoms. The minimum Gasteiger partial charge on any atom is -0.481 e. The van der Waals surface area contributed by atoms with Gasteiger partial charge in [0.2, 0.25) is 0 Å². The fraction of sp³-hybridized carbons (Fsp3) is 0.385. The first-order valence-electron chi connectivity index (χ1n) is 5.32. The van der Waals surface area contributed by atoms with Gasteiger partial charge in [-0.3, -0.25) is 0 Å². The van der Waals surface area contributed by atoms with Gasteiger partial charge in [-0.05, 0) is 48.6 Å². The number of rotatable bonds is 4. The lowest BCUT2D eigenvalue weighted by Crippen LogP contribution is -2.03. The summed E-state index contributed by atoms with van der Waals surface area (Å²) in [4.78, 5) is 0. The highest BCUT2D eigenvalue weighted by Gasteiger charge is 2.38. The standard InChI is InChI=1S/C13H14ClNO/c1-2-5-16-13-4-3-10(14)7-12(13)11-6-9(11)8-15/h1,3-4,7,9,11H,5-6,8,15H2/t9-,11+/m1/s1. The molecule has 1 aromatic rings. The Balaban J connectivity index is 2.20. The normalized spacial score (nSPS) is 22.6. The topological polar surface area (TPSA) is 35.2 Å². The van der Waals surface area contributed by atoms with Gasteiger partial charge < -0.3 is 10.5 Å². The smallest absolute Gasteiger partial charge is 0.148 e. The number of ether oxygens (including phenoxy) is 1. The van der Waals surface area contributed by atoms with Crippen LogP contribution in [-0.4, -0.2) is 13.2 Å². The van der Waals surface area contributed by atoms with Gasteiger partial charge in [0, 0.05) is 5.02 Å². The van der Waals surface area contributed by atoms with Crippen molar-refractivity contribution in [2.24, 2.45) is 11.7 Å². The molecule has 0 unspecified atom stereocenters. The summed E-state index contributed by atoms with van der Waals surface area (Å²) in [6.45, 7) is 1.00. The number of halogens is 1. The Kier molecular flexibility index (Phi) is 3.38. The van der Waals surface area contributed by atoms with Gasteiger partial charge in [-0.1, -0.05) is 17.5 Å². The summed E-state index contributed by atoms with van der Waals surface area (Å²) in [5, 5.41) is 0.728. The van der Waals surface area contributed by atoms with E-state index in [4.69, 9.17) is 28.5 Å². The molecule has 2 atom stereocenters. The summed E-state index contributed by atoms with van der Waals surface area (Å²) in [6, 6.07) is 5.64. The van der Waals surface area contributed by atoms with E-state index in [-0.39, 0.29) is 6.61 Å². The first kappa shape index (κ1) is 11.3. The second kappa shape index (κ2) is 4.78. The van der Waals surface area contributed by atoms with Crippen molar-refractivity contribution in [3.63, 3.8) is 0 Å². The Hall–Kier alpha value is -1.17. The van der Waals surface area contributed by atoms with Crippen molar-refractivity contribution in [3.05, 3.63) is 28.8 Å². The Morgan fingerprint density at radius 2 is 2.38 bits per heavy atom. The van der Waals surface area contributed by atoms with Crippen molar-refractivity contribution in [3.8, 4) is 18.1 Å². The fourth-order valence-corrected chi connectivity index (χ4v) is 2.13. The average Bonchev–Trinajstić information content (AvgIpc) is 3.06. The van der Waals surface area contributed by atoms with E-state index < -0.39 is 0 Å². The molecule has 0 radical (unpaired) electrons. The molecule has 1 aromatic carbocycles. The predicted octanol–water partition coefficient (Wildman–Crippen LogP) is 2.41. The summed E-state index contributed by atoms with van der Waals surface area (Å²) in [5.74, 6) is 4.34. The molecule has 0 aromatic heterocycles. The van der Waals surface area contributed by atoms with Crippen molar-refractivity contribution in [2.75, 3.05) is 13.2 Å². The number of hydrogen-bond acceptors (Lipinski definition) is 2. The van der Waals surface area contributed by atoms with Gasteiger partial charge >= 0.3 is 0 Å². The van der Waals surface area contributed by atoms with Gasteiger partial charge in [-0.25, -0.2) is 0 Å². The highest BCUT2D eigenvalue weighted by atomic mass is 35.5. The van der Waals surface area contributed by atoms with Crippen LogP contribution in [0.15, 0.2) is 18.2 Å². The number of nitrogens with two attached hydrogens (primary N) is 1. The lowest BCUT2D eigenvalue weighted by molar-refractivity contribution is 0.366. The average molecular weight is 236 g/mol. The zero-order valence-corrected chi connectivity index (χ0v) is 9.70. The summed E-state index contributed by atoms with van der Waals surface area (Å²) in [7, 11) is 0. The van der Waals surface area contributed by atoms with Crippen molar-refractivity contribution in [1.82, 2.24) is 0 Å². The van der Waals surface area contributed by atoms with Crippen molar-refractivity contribution in [1.29, 1.82) is 0 Å². The molecule has 2 N–H and O–H groups in total. The van der Waals surface area contributed by atoms with Crippen molar-refractivity contribution >= 4 is 11.6 Å². The maximum absolute atomic E-state index is 5.99. The molecule has 2 nitrogen and oxygen atoms in total. The molecule has 0 heterocycles. The predicted molar refractivity (Wildman–Crippen MR) is 65.7 cm³/mol. The van der Waals surface area contributed by atoms with E-state index in [2.05, 4.69) is 5.92 Å². The quantitative estimate of drug-likeness (QED) is 0.814. The summed E-state index contributed by atoms with van der Waals surface area (Å²) in [5.41, 5.74) is 6.78. The van der Waals surface area contributed by atoms with Crippen LogP contribution in [0.4, 0.5) is 0 Å². The van der Waals surface area contributed by atoms with Gasteiger partial charge in [0.05, 0.1) is 0 Å². The zero-order valence-electron chi connectivity index (χ0n) is 8.95. The SMILES string of the molecule is C#CCOc1ccc(Cl)cc1[C@H]1C[C@@H]1CN. The molecular formula is C13H14ClNO. The first-order chi connectivity index (χ1) is 7.76. The van der Waals surface area contributed by atoms with Gasteiger partial charge in [-0.15, -0.1) is 6.42 Å². The van der Waals surface area contributed by atoms with Crippen molar-refractivity contribution < 1.29 is 4.74 Å². The van der Waals surface area contributed by atoms with Crippen LogP contribution in [0, 0.1) is 18.3 Å². The molecular weight excluding hydrogens is 222 g/mol. The molecule has 1 aliphatic carbocycles.